The molecule has 1 N–H and O–H groups in total. The average Bonchev–Trinajstić information content (AvgIpc) is 2.66. The van der Waals surface area contributed by atoms with Crippen LogP contribution in [0.1, 0.15) is 43.9 Å². The molecule has 90 valence electrons. The number of likely N-dealkylation sites (tertiary alicyclic amines) is 1. The standard InChI is InChI=1S/C12H20N2O2/c1-9(15)7-10-8-13-12(16-10)11-5-3-4-6-14(11)2/h8-9,11,15H,3-7H2,1-2H3. The second-order valence-corrected chi connectivity index (χ2v) is 4.71. The minimum absolute atomic E-state index is 0.316. The SMILES string of the molecule is CC(O)Cc1cnc(C2CCCCN2C)o1. The van der Waals surface area contributed by atoms with Gasteiger partial charge >= 0.3 is 0 Å². The van der Waals surface area contributed by atoms with E-state index < -0.39 is 0 Å². The smallest absolute Gasteiger partial charge is 0.211 e. The zero-order valence-electron chi connectivity index (χ0n) is 10.0. The third-order valence-corrected chi connectivity index (χ3v) is 3.12. The van der Waals surface area contributed by atoms with Crippen LogP contribution in [-0.4, -0.2) is 34.7 Å². The Bertz CT molecular complexity index is 336. The number of piperidine rings is 1. The Morgan fingerprint density at radius 2 is 2.44 bits per heavy atom. The minimum Gasteiger partial charge on any atom is -0.444 e. The summed E-state index contributed by atoms with van der Waals surface area (Å²) in [6, 6.07) is 0.316. The molecule has 1 fully saturated rings. The van der Waals surface area contributed by atoms with Gasteiger partial charge in [0.1, 0.15) is 5.76 Å². The van der Waals surface area contributed by atoms with Crippen molar-refractivity contribution < 1.29 is 9.52 Å². The molecule has 2 heterocycles. The number of aliphatic hydroxyl groups excluding tert-OH is 1. The van der Waals surface area contributed by atoms with Crippen LogP contribution in [0.25, 0.3) is 0 Å². The Labute approximate surface area is 96.3 Å². The molecule has 0 aromatic carbocycles. The number of hydrogen-bond donors (Lipinski definition) is 1. The Kier molecular flexibility index (Phi) is 3.61. The Morgan fingerprint density at radius 3 is 3.12 bits per heavy atom. The first-order valence-corrected chi connectivity index (χ1v) is 5.99. The molecule has 2 rings (SSSR count). The monoisotopic (exact) mass is 224 g/mol. The summed E-state index contributed by atoms with van der Waals surface area (Å²) in [5.74, 6) is 1.59. The number of rotatable bonds is 3. The van der Waals surface area contributed by atoms with Crippen molar-refractivity contribution in [2.24, 2.45) is 0 Å². The van der Waals surface area contributed by atoms with Gasteiger partial charge in [-0.3, -0.25) is 4.90 Å². The van der Waals surface area contributed by atoms with E-state index in [1.165, 1.54) is 12.8 Å². The fraction of sp³-hybridized carbons (Fsp3) is 0.750. The minimum atomic E-state index is -0.370. The van der Waals surface area contributed by atoms with Gasteiger partial charge in [0, 0.05) is 6.42 Å². The number of oxazole rings is 1. The van der Waals surface area contributed by atoms with Crippen molar-refractivity contribution in [1.82, 2.24) is 9.88 Å². The zero-order chi connectivity index (χ0) is 11.5. The molecule has 0 saturated carbocycles. The van der Waals surface area contributed by atoms with E-state index in [1.807, 2.05) is 0 Å². The normalized spacial score (nSPS) is 24.6. The first-order chi connectivity index (χ1) is 7.66. The summed E-state index contributed by atoms with van der Waals surface area (Å²) >= 11 is 0. The summed E-state index contributed by atoms with van der Waals surface area (Å²) < 4.78 is 5.69. The highest BCUT2D eigenvalue weighted by atomic mass is 16.4. The summed E-state index contributed by atoms with van der Waals surface area (Å²) in [7, 11) is 2.11. The van der Waals surface area contributed by atoms with Gasteiger partial charge < -0.3 is 9.52 Å². The number of aromatic nitrogens is 1. The molecule has 4 heteroatoms. The maximum absolute atomic E-state index is 9.28. The van der Waals surface area contributed by atoms with Gasteiger partial charge in [0.05, 0.1) is 18.3 Å². The van der Waals surface area contributed by atoms with Gasteiger partial charge in [-0.05, 0) is 33.4 Å². The summed E-state index contributed by atoms with van der Waals surface area (Å²) in [5.41, 5.74) is 0. The van der Waals surface area contributed by atoms with E-state index in [9.17, 15) is 5.11 Å². The highest BCUT2D eigenvalue weighted by Gasteiger charge is 2.24. The second kappa shape index (κ2) is 4.97. The number of nitrogens with zero attached hydrogens (tertiary/aromatic N) is 2. The molecule has 1 aliphatic heterocycles. The van der Waals surface area contributed by atoms with E-state index in [0.717, 1.165) is 24.6 Å². The van der Waals surface area contributed by atoms with Gasteiger partial charge in [-0.2, -0.15) is 0 Å². The van der Waals surface area contributed by atoms with Crippen molar-refractivity contribution in [3.8, 4) is 0 Å². The molecule has 0 bridgehead atoms. The summed E-state index contributed by atoms with van der Waals surface area (Å²) in [6.45, 7) is 2.87. The van der Waals surface area contributed by atoms with Gasteiger partial charge in [-0.15, -0.1) is 0 Å². The molecule has 0 spiro atoms. The van der Waals surface area contributed by atoms with Crippen LogP contribution < -0.4 is 0 Å². The fourth-order valence-electron chi connectivity index (χ4n) is 2.25. The predicted octanol–water partition coefficient (Wildman–Crippen LogP) is 1.75. The molecule has 1 aromatic rings. The lowest BCUT2D eigenvalue weighted by Gasteiger charge is -2.29. The van der Waals surface area contributed by atoms with Gasteiger partial charge in [-0.1, -0.05) is 6.42 Å². The molecule has 1 aliphatic rings. The van der Waals surface area contributed by atoms with Crippen LogP contribution in [0.15, 0.2) is 10.6 Å². The van der Waals surface area contributed by atoms with Crippen LogP contribution >= 0.6 is 0 Å². The third kappa shape index (κ3) is 2.62. The molecule has 1 saturated heterocycles. The average molecular weight is 224 g/mol. The summed E-state index contributed by atoms with van der Waals surface area (Å²) in [4.78, 5) is 6.62. The van der Waals surface area contributed by atoms with Crippen LogP contribution in [0.4, 0.5) is 0 Å². The molecule has 4 nitrogen and oxygen atoms in total. The molecule has 16 heavy (non-hydrogen) atoms. The van der Waals surface area contributed by atoms with Crippen LogP contribution in [0.5, 0.6) is 0 Å². The Balaban J connectivity index is 2.05. The molecule has 0 amide bonds. The van der Waals surface area contributed by atoms with E-state index in [-0.39, 0.29) is 6.10 Å². The van der Waals surface area contributed by atoms with Gasteiger partial charge in [0.25, 0.3) is 0 Å². The van der Waals surface area contributed by atoms with E-state index in [0.29, 0.717) is 12.5 Å². The lowest BCUT2D eigenvalue weighted by Crippen LogP contribution is -2.29. The van der Waals surface area contributed by atoms with Gasteiger partial charge in [0.2, 0.25) is 5.89 Å². The first kappa shape index (κ1) is 11.6. The molecular weight excluding hydrogens is 204 g/mol. The van der Waals surface area contributed by atoms with Gasteiger partial charge in [0.15, 0.2) is 0 Å². The van der Waals surface area contributed by atoms with Gasteiger partial charge in [-0.25, -0.2) is 4.98 Å². The second-order valence-electron chi connectivity index (χ2n) is 4.71. The molecule has 2 atom stereocenters. The summed E-state index contributed by atoms with van der Waals surface area (Å²) in [5, 5.41) is 9.28. The van der Waals surface area contributed by atoms with Crippen LogP contribution in [0, 0.1) is 0 Å². The Hall–Kier alpha value is -0.870. The topological polar surface area (TPSA) is 49.5 Å². The van der Waals surface area contributed by atoms with Crippen molar-refractivity contribution in [2.45, 2.75) is 44.8 Å². The maximum Gasteiger partial charge on any atom is 0.211 e. The molecule has 1 aromatic heterocycles. The van der Waals surface area contributed by atoms with E-state index >= 15 is 0 Å². The number of hydrogen-bond acceptors (Lipinski definition) is 4. The van der Waals surface area contributed by atoms with Crippen LogP contribution in [0.2, 0.25) is 0 Å². The highest BCUT2D eigenvalue weighted by Crippen LogP contribution is 2.29. The quantitative estimate of drug-likeness (QED) is 0.850. The van der Waals surface area contributed by atoms with Crippen molar-refractivity contribution in [3.63, 3.8) is 0 Å². The number of aliphatic hydroxyl groups is 1. The van der Waals surface area contributed by atoms with Crippen LogP contribution in [0.3, 0.4) is 0 Å². The van der Waals surface area contributed by atoms with Crippen molar-refractivity contribution in [3.05, 3.63) is 17.8 Å². The van der Waals surface area contributed by atoms with E-state index in [4.69, 9.17) is 4.42 Å². The maximum atomic E-state index is 9.28. The van der Waals surface area contributed by atoms with Crippen molar-refractivity contribution in [1.29, 1.82) is 0 Å². The molecule has 0 aliphatic carbocycles. The molecular formula is C12H20N2O2. The molecule has 2 unspecified atom stereocenters. The van der Waals surface area contributed by atoms with Crippen molar-refractivity contribution >= 4 is 0 Å². The van der Waals surface area contributed by atoms with E-state index in [1.54, 1.807) is 13.1 Å². The first-order valence-electron chi connectivity index (χ1n) is 5.99. The molecule has 0 radical (unpaired) electrons. The third-order valence-electron chi connectivity index (χ3n) is 3.12. The predicted molar refractivity (Wildman–Crippen MR) is 61.1 cm³/mol. The largest absolute Gasteiger partial charge is 0.444 e. The van der Waals surface area contributed by atoms with Crippen molar-refractivity contribution in [2.75, 3.05) is 13.6 Å². The highest BCUT2D eigenvalue weighted by molar-refractivity contribution is 5.00. The Morgan fingerprint density at radius 1 is 1.62 bits per heavy atom. The summed E-state index contributed by atoms with van der Waals surface area (Å²) in [6.07, 6.45) is 5.53. The lowest BCUT2D eigenvalue weighted by molar-refractivity contribution is 0.152. The van der Waals surface area contributed by atoms with Crippen LogP contribution in [-0.2, 0) is 6.42 Å². The van der Waals surface area contributed by atoms with E-state index in [2.05, 4.69) is 16.9 Å². The zero-order valence-corrected chi connectivity index (χ0v) is 10.0. The fourth-order valence-corrected chi connectivity index (χ4v) is 2.25. The lowest BCUT2D eigenvalue weighted by atomic mass is 10.0.